The van der Waals surface area contributed by atoms with Gasteiger partial charge < -0.3 is 10.2 Å². The molecule has 0 unspecified atom stereocenters. The fourth-order valence-corrected chi connectivity index (χ4v) is 5.13. The highest BCUT2D eigenvalue weighted by Crippen LogP contribution is 2.27. The van der Waals surface area contributed by atoms with Gasteiger partial charge in [0, 0.05) is 46.7 Å². The lowest BCUT2D eigenvalue weighted by Crippen LogP contribution is -2.48. The largest absolute Gasteiger partial charge is 0.354 e. The number of nitrogens with one attached hydrogen (secondary N) is 1. The molecule has 2 aromatic rings. The maximum absolute atomic E-state index is 13.3. The van der Waals surface area contributed by atoms with E-state index in [-0.39, 0.29) is 37.7 Å². The zero-order valence-corrected chi connectivity index (χ0v) is 23.0. The Hall–Kier alpha value is -2.00. The van der Waals surface area contributed by atoms with Crippen LogP contribution in [0.3, 0.4) is 0 Å². The second kappa shape index (κ2) is 13.3. The fourth-order valence-electron chi connectivity index (χ4n) is 3.47. The van der Waals surface area contributed by atoms with Gasteiger partial charge >= 0.3 is 0 Å². The van der Waals surface area contributed by atoms with Crippen LogP contribution < -0.4 is 9.62 Å². The molecule has 0 fully saturated rings. The van der Waals surface area contributed by atoms with Gasteiger partial charge in [-0.2, -0.15) is 0 Å². The molecule has 2 amide bonds. The zero-order valence-electron chi connectivity index (χ0n) is 19.9. The van der Waals surface area contributed by atoms with Crippen LogP contribution in [0.4, 0.5) is 5.69 Å². The van der Waals surface area contributed by atoms with E-state index in [1.807, 2.05) is 6.92 Å². The minimum absolute atomic E-state index is 0.0139. The standard InChI is InChI=1S/C24H30Cl3N3O4S/c1-4-13-28-24(32)17(2)29(16-20-21(26)10-6-11-22(20)27)23(31)12-7-14-30(35(3,33)34)19-9-5-8-18(25)15-19/h5-6,8-11,15,17H,4,7,12-14,16H2,1-3H3,(H,28,32)/t17-/m1/s1. The Morgan fingerprint density at radius 3 is 2.26 bits per heavy atom. The van der Waals surface area contributed by atoms with E-state index in [2.05, 4.69) is 5.32 Å². The first-order valence-corrected chi connectivity index (χ1v) is 14.2. The number of rotatable bonds is 12. The number of carbonyl (C=O) groups excluding carboxylic acids is 2. The predicted octanol–water partition coefficient (Wildman–Crippen LogP) is 5.14. The van der Waals surface area contributed by atoms with Gasteiger partial charge in [-0.15, -0.1) is 0 Å². The Morgan fingerprint density at radius 2 is 1.69 bits per heavy atom. The molecule has 35 heavy (non-hydrogen) atoms. The maximum atomic E-state index is 13.3. The summed E-state index contributed by atoms with van der Waals surface area (Å²) in [6.45, 7) is 4.18. The van der Waals surface area contributed by atoms with Crippen LogP contribution in [0, 0.1) is 0 Å². The molecular weight excluding hydrogens is 533 g/mol. The Labute approximate surface area is 222 Å². The lowest BCUT2D eigenvalue weighted by atomic mass is 10.1. The number of sulfonamides is 1. The Kier molecular flexibility index (Phi) is 11.1. The molecule has 1 N–H and O–H groups in total. The summed E-state index contributed by atoms with van der Waals surface area (Å²) in [6, 6.07) is 10.8. The van der Waals surface area contributed by atoms with Crippen molar-refractivity contribution in [1.29, 1.82) is 0 Å². The number of carbonyl (C=O) groups is 2. The van der Waals surface area contributed by atoms with E-state index in [9.17, 15) is 18.0 Å². The number of hydrogen-bond donors (Lipinski definition) is 1. The van der Waals surface area contributed by atoms with Crippen molar-refractivity contribution in [3.63, 3.8) is 0 Å². The average Bonchev–Trinajstić information content (AvgIpc) is 2.78. The van der Waals surface area contributed by atoms with Crippen molar-refractivity contribution >= 4 is 62.3 Å². The molecule has 0 heterocycles. The molecule has 0 aromatic heterocycles. The van der Waals surface area contributed by atoms with Crippen LogP contribution in [0.25, 0.3) is 0 Å². The first-order valence-electron chi connectivity index (χ1n) is 11.2. The van der Waals surface area contributed by atoms with Crippen molar-refractivity contribution < 1.29 is 18.0 Å². The van der Waals surface area contributed by atoms with Crippen LogP contribution in [0.1, 0.15) is 38.7 Å². The summed E-state index contributed by atoms with van der Waals surface area (Å²) in [7, 11) is -3.60. The zero-order chi connectivity index (χ0) is 26.2. The van der Waals surface area contributed by atoms with Crippen LogP contribution in [-0.4, -0.2) is 50.5 Å². The molecule has 192 valence electrons. The van der Waals surface area contributed by atoms with Gasteiger partial charge in [-0.05, 0) is 50.1 Å². The van der Waals surface area contributed by atoms with E-state index in [1.165, 1.54) is 9.21 Å². The van der Waals surface area contributed by atoms with E-state index in [4.69, 9.17) is 34.8 Å². The normalized spacial score (nSPS) is 12.2. The van der Waals surface area contributed by atoms with Gasteiger partial charge in [-0.3, -0.25) is 13.9 Å². The quantitative estimate of drug-likeness (QED) is 0.388. The van der Waals surface area contributed by atoms with Crippen LogP contribution >= 0.6 is 34.8 Å². The van der Waals surface area contributed by atoms with Crippen molar-refractivity contribution in [3.05, 3.63) is 63.1 Å². The van der Waals surface area contributed by atoms with Crippen LogP contribution in [0.5, 0.6) is 0 Å². The molecule has 2 aromatic carbocycles. The van der Waals surface area contributed by atoms with Crippen molar-refractivity contribution in [2.75, 3.05) is 23.7 Å². The summed E-state index contributed by atoms with van der Waals surface area (Å²) < 4.78 is 26.0. The van der Waals surface area contributed by atoms with Gasteiger partial charge in [-0.1, -0.05) is 53.9 Å². The molecule has 0 aliphatic rings. The Bertz CT molecular complexity index is 1120. The number of amides is 2. The molecule has 0 aliphatic carbocycles. The average molecular weight is 563 g/mol. The highest BCUT2D eigenvalue weighted by molar-refractivity contribution is 7.92. The molecule has 2 rings (SSSR count). The minimum atomic E-state index is -3.60. The van der Waals surface area contributed by atoms with Crippen LogP contribution in [0.2, 0.25) is 15.1 Å². The first kappa shape index (κ1) is 29.2. The monoisotopic (exact) mass is 561 g/mol. The summed E-state index contributed by atoms with van der Waals surface area (Å²) in [5.74, 6) is -0.611. The summed E-state index contributed by atoms with van der Waals surface area (Å²) in [4.78, 5) is 27.4. The number of halogens is 3. The second-order valence-corrected chi connectivity index (χ2v) is 11.3. The number of benzene rings is 2. The first-order chi connectivity index (χ1) is 16.5. The molecule has 0 saturated heterocycles. The molecule has 1 atom stereocenters. The molecule has 0 radical (unpaired) electrons. The van der Waals surface area contributed by atoms with Crippen molar-refractivity contribution in [2.24, 2.45) is 0 Å². The number of hydrogen-bond acceptors (Lipinski definition) is 4. The summed E-state index contributed by atoms with van der Waals surface area (Å²) in [5.41, 5.74) is 0.954. The van der Waals surface area contributed by atoms with Crippen LogP contribution in [-0.2, 0) is 26.2 Å². The molecule has 11 heteroatoms. The van der Waals surface area contributed by atoms with Gasteiger partial charge in [0.1, 0.15) is 6.04 Å². The highest BCUT2D eigenvalue weighted by Gasteiger charge is 2.27. The van der Waals surface area contributed by atoms with Crippen molar-refractivity contribution in [2.45, 2.75) is 45.7 Å². The lowest BCUT2D eigenvalue weighted by Gasteiger charge is -2.30. The summed E-state index contributed by atoms with van der Waals surface area (Å²) in [5, 5.41) is 3.99. The third-order valence-electron chi connectivity index (χ3n) is 5.36. The SMILES string of the molecule is CCCNC(=O)[C@@H](C)N(Cc1c(Cl)cccc1Cl)C(=O)CCCN(c1cccc(Cl)c1)S(C)(=O)=O. The smallest absolute Gasteiger partial charge is 0.242 e. The Morgan fingerprint density at radius 1 is 1.06 bits per heavy atom. The topological polar surface area (TPSA) is 86.8 Å². The molecule has 0 bridgehead atoms. The Balaban J connectivity index is 2.21. The highest BCUT2D eigenvalue weighted by atomic mass is 35.5. The summed E-state index contributed by atoms with van der Waals surface area (Å²) in [6.07, 6.45) is 2.10. The predicted molar refractivity (Wildman–Crippen MR) is 143 cm³/mol. The lowest BCUT2D eigenvalue weighted by molar-refractivity contribution is -0.140. The third kappa shape index (κ3) is 8.56. The summed E-state index contributed by atoms with van der Waals surface area (Å²) >= 11 is 18.7. The third-order valence-corrected chi connectivity index (χ3v) is 7.49. The van der Waals surface area contributed by atoms with Gasteiger partial charge in [-0.25, -0.2) is 8.42 Å². The molecule has 0 aliphatic heterocycles. The molecule has 0 saturated carbocycles. The van der Waals surface area contributed by atoms with E-state index in [1.54, 1.807) is 49.4 Å². The molecule has 7 nitrogen and oxygen atoms in total. The second-order valence-electron chi connectivity index (χ2n) is 8.11. The van der Waals surface area contributed by atoms with E-state index >= 15 is 0 Å². The van der Waals surface area contributed by atoms with E-state index in [0.29, 0.717) is 32.9 Å². The van der Waals surface area contributed by atoms with Crippen LogP contribution in [0.15, 0.2) is 42.5 Å². The maximum Gasteiger partial charge on any atom is 0.242 e. The molecular formula is C24H30Cl3N3O4S. The molecule has 0 spiro atoms. The van der Waals surface area contributed by atoms with Gasteiger partial charge in [0.2, 0.25) is 21.8 Å². The van der Waals surface area contributed by atoms with Crippen molar-refractivity contribution in [3.8, 4) is 0 Å². The van der Waals surface area contributed by atoms with E-state index in [0.717, 1.165) is 12.7 Å². The van der Waals surface area contributed by atoms with Gasteiger partial charge in [0.15, 0.2) is 0 Å². The van der Waals surface area contributed by atoms with Gasteiger partial charge in [0.25, 0.3) is 0 Å². The number of nitrogens with zero attached hydrogens (tertiary/aromatic N) is 2. The van der Waals surface area contributed by atoms with Gasteiger partial charge in [0.05, 0.1) is 11.9 Å². The van der Waals surface area contributed by atoms with E-state index < -0.39 is 16.1 Å². The number of anilines is 1. The fraction of sp³-hybridized carbons (Fsp3) is 0.417. The van der Waals surface area contributed by atoms with Crippen molar-refractivity contribution in [1.82, 2.24) is 10.2 Å². The minimum Gasteiger partial charge on any atom is -0.354 e.